The van der Waals surface area contributed by atoms with Gasteiger partial charge >= 0.3 is 6.09 Å². The van der Waals surface area contributed by atoms with Crippen molar-refractivity contribution in [2.24, 2.45) is 5.92 Å². The molecule has 25 heavy (non-hydrogen) atoms. The third kappa shape index (κ3) is 4.08. The molecule has 2 rings (SSSR count). The summed E-state index contributed by atoms with van der Waals surface area (Å²) in [4.78, 5) is 26.4. The predicted molar refractivity (Wildman–Crippen MR) is 92.7 cm³/mol. The highest BCUT2D eigenvalue weighted by Gasteiger charge is 2.45. The highest BCUT2D eigenvalue weighted by Crippen LogP contribution is 2.34. The quantitative estimate of drug-likeness (QED) is 0.559. The number of methoxy groups -OCH3 is 1. The lowest BCUT2D eigenvalue weighted by molar-refractivity contribution is -0.141. The van der Waals surface area contributed by atoms with Crippen molar-refractivity contribution in [3.8, 4) is 0 Å². The Morgan fingerprint density at radius 1 is 1.36 bits per heavy atom. The summed E-state index contributed by atoms with van der Waals surface area (Å²) in [6.45, 7) is 9.22. The molecule has 0 aromatic heterocycles. The second-order valence-electron chi connectivity index (χ2n) is 6.29. The van der Waals surface area contributed by atoms with E-state index in [0.717, 1.165) is 5.56 Å². The Morgan fingerprint density at radius 2 is 2.00 bits per heavy atom. The molecule has 6 nitrogen and oxygen atoms in total. The maximum atomic E-state index is 12.9. The molecule has 0 aliphatic carbocycles. The number of benzene rings is 1. The van der Waals surface area contributed by atoms with Crippen LogP contribution in [0.15, 0.2) is 42.5 Å². The Hall–Kier alpha value is -2.18. The number of hydrogen-bond acceptors (Lipinski definition) is 5. The Kier molecular flexibility index (Phi) is 6.33. The van der Waals surface area contributed by atoms with Gasteiger partial charge in [0, 0.05) is 7.11 Å². The van der Waals surface area contributed by atoms with E-state index in [1.807, 2.05) is 30.3 Å². The van der Waals surface area contributed by atoms with Crippen LogP contribution in [0.25, 0.3) is 0 Å². The fourth-order valence-corrected chi connectivity index (χ4v) is 3.05. The molecule has 1 heterocycles. The summed E-state index contributed by atoms with van der Waals surface area (Å²) in [7, 11) is 1.51. The molecule has 0 spiro atoms. The van der Waals surface area contributed by atoms with Gasteiger partial charge in [-0.2, -0.15) is 0 Å². The van der Waals surface area contributed by atoms with Crippen molar-refractivity contribution in [1.82, 2.24) is 4.90 Å². The summed E-state index contributed by atoms with van der Waals surface area (Å²) in [5.41, 5.74) is 1.55. The van der Waals surface area contributed by atoms with Crippen molar-refractivity contribution >= 4 is 12.0 Å². The lowest BCUT2D eigenvalue weighted by Crippen LogP contribution is -2.45. The summed E-state index contributed by atoms with van der Waals surface area (Å²) >= 11 is 0. The van der Waals surface area contributed by atoms with Gasteiger partial charge in [0.1, 0.15) is 12.9 Å². The van der Waals surface area contributed by atoms with E-state index in [1.54, 1.807) is 20.8 Å². The van der Waals surface area contributed by atoms with Crippen LogP contribution in [0.2, 0.25) is 0 Å². The van der Waals surface area contributed by atoms with Crippen molar-refractivity contribution in [3.05, 3.63) is 48.0 Å². The summed E-state index contributed by atoms with van der Waals surface area (Å²) in [6.07, 6.45) is -1.65. The van der Waals surface area contributed by atoms with Crippen LogP contribution in [-0.4, -0.2) is 42.9 Å². The van der Waals surface area contributed by atoms with Crippen molar-refractivity contribution < 1.29 is 23.8 Å². The molecular formula is C19H25NO5. The molecule has 0 bridgehead atoms. The molecule has 1 aliphatic rings. The highest BCUT2D eigenvalue weighted by molar-refractivity contribution is 5.95. The molecule has 1 aromatic rings. The van der Waals surface area contributed by atoms with Crippen LogP contribution in [-0.2, 0) is 19.0 Å². The number of ether oxygens (including phenoxy) is 3. The zero-order chi connectivity index (χ0) is 18.6. The van der Waals surface area contributed by atoms with Gasteiger partial charge in [0.25, 0.3) is 0 Å². The Bertz CT molecular complexity index is 630. The average molecular weight is 347 g/mol. The molecule has 0 saturated carbocycles. The van der Waals surface area contributed by atoms with Crippen LogP contribution in [0.5, 0.6) is 0 Å². The molecule has 0 radical (unpaired) electrons. The largest absolute Gasteiger partial charge is 0.439 e. The second-order valence-corrected chi connectivity index (χ2v) is 6.29. The van der Waals surface area contributed by atoms with E-state index >= 15 is 0 Å². The van der Waals surface area contributed by atoms with E-state index in [1.165, 1.54) is 12.0 Å². The van der Waals surface area contributed by atoms with Gasteiger partial charge in [0.2, 0.25) is 5.91 Å². The lowest BCUT2D eigenvalue weighted by Gasteiger charge is -2.28. The van der Waals surface area contributed by atoms with Gasteiger partial charge in [0.05, 0.1) is 18.1 Å². The number of cyclic esters (lactones) is 1. The molecule has 1 saturated heterocycles. The summed E-state index contributed by atoms with van der Waals surface area (Å²) < 4.78 is 15.9. The standard InChI is InChI=1S/C19H25NO5/c1-12(2)16(24-11-23-5)13(3)18(21)20-14(4)17(25-19(20)22)15-9-7-6-8-10-15/h6-10,13-14,16-17H,1,11H2,2-5H3/t13-,14-,16+,17-/m0/s1. The number of hydrogen-bond donors (Lipinski definition) is 0. The molecule has 6 heteroatoms. The number of imide groups is 1. The Morgan fingerprint density at radius 3 is 2.56 bits per heavy atom. The topological polar surface area (TPSA) is 65.1 Å². The smallest absolute Gasteiger partial charge is 0.417 e. The summed E-state index contributed by atoms with van der Waals surface area (Å²) in [5, 5.41) is 0. The summed E-state index contributed by atoms with van der Waals surface area (Å²) in [5.74, 6) is -0.933. The lowest BCUT2D eigenvalue weighted by atomic mass is 9.96. The molecule has 4 atom stereocenters. The van der Waals surface area contributed by atoms with Crippen LogP contribution in [0, 0.1) is 5.92 Å². The van der Waals surface area contributed by atoms with Crippen LogP contribution in [0.3, 0.4) is 0 Å². The fourth-order valence-electron chi connectivity index (χ4n) is 3.05. The summed E-state index contributed by atoms with van der Waals surface area (Å²) in [6, 6.07) is 8.99. The van der Waals surface area contributed by atoms with Crippen molar-refractivity contribution in [2.75, 3.05) is 13.9 Å². The monoisotopic (exact) mass is 347 g/mol. The van der Waals surface area contributed by atoms with E-state index in [4.69, 9.17) is 14.2 Å². The van der Waals surface area contributed by atoms with Crippen molar-refractivity contribution in [3.63, 3.8) is 0 Å². The maximum Gasteiger partial charge on any atom is 0.417 e. The van der Waals surface area contributed by atoms with Gasteiger partial charge in [-0.25, -0.2) is 9.69 Å². The molecular weight excluding hydrogens is 322 g/mol. The first-order valence-electron chi connectivity index (χ1n) is 8.23. The van der Waals surface area contributed by atoms with E-state index in [2.05, 4.69) is 6.58 Å². The zero-order valence-corrected chi connectivity index (χ0v) is 15.1. The number of carbonyl (C=O) groups is 2. The first kappa shape index (κ1) is 19.1. The van der Waals surface area contributed by atoms with E-state index < -0.39 is 30.3 Å². The number of carbonyl (C=O) groups excluding carboxylic acids is 2. The van der Waals surface area contributed by atoms with E-state index in [9.17, 15) is 9.59 Å². The number of amides is 2. The molecule has 2 amide bonds. The first-order valence-corrected chi connectivity index (χ1v) is 8.23. The van der Waals surface area contributed by atoms with Crippen molar-refractivity contribution in [1.29, 1.82) is 0 Å². The van der Waals surface area contributed by atoms with Crippen LogP contribution >= 0.6 is 0 Å². The van der Waals surface area contributed by atoms with Gasteiger partial charge in [-0.3, -0.25) is 4.79 Å². The number of nitrogens with zero attached hydrogens (tertiary/aromatic N) is 1. The molecule has 1 aromatic carbocycles. The van der Waals surface area contributed by atoms with Gasteiger partial charge in [0.15, 0.2) is 0 Å². The van der Waals surface area contributed by atoms with Crippen LogP contribution in [0.4, 0.5) is 4.79 Å². The predicted octanol–water partition coefficient (Wildman–Crippen LogP) is 3.30. The minimum Gasteiger partial charge on any atom is -0.439 e. The van der Waals surface area contributed by atoms with E-state index in [0.29, 0.717) is 5.57 Å². The minimum atomic E-state index is -0.634. The average Bonchev–Trinajstić information content (AvgIpc) is 2.89. The van der Waals surface area contributed by atoms with Gasteiger partial charge in [-0.1, -0.05) is 49.4 Å². The normalized spacial score (nSPS) is 22.4. The second kappa shape index (κ2) is 8.27. The fraction of sp³-hybridized carbons (Fsp3) is 0.474. The van der Waals surface area contributed by atoms with E-state index in [-0.39, 0.29) is 12.7 Å². The third-order valence-corrected chi connectivity index (χ3v) is 4.33. The van der Waals surface area contributed by atoms with Crippen LogP contribution in [0.1, 0.15) is 32.4 Å². The molecule has 0 unspecified atom stereocenters. The third-order valence-electron chi connectivity index (χ3n) is 4.33. The molecule has 1 aliphatic heterocycles. The van der Waals surface area contributed by atoms with Crippen LogP contribution < -0.4 is 0 Å². The molecule has 1 fully saturated rings. The molecule has 0 N–H and O–H groups in total. The van der Waals surface area contributed by atoms with Gasteiger partial charge in [-0.15, -0.1) is 0 Å². The highest BCUT2D eigenvalue weighted by atomic mass is 16.7. The van der Waals surface area contributed by atoms with Gasteiger partial charge < -0.3 is 14.2 Å². The SMILES string of the molecule is C=C(C)[C@@H](OCOC)[C@H](C)C(=O)N1C(=O)O[C@H](c2ccccc2)[C@@H]1C. The Balaban J connectivity index is 2.17. The molecule has 136 valence electrons. The van der Waals surface area contributed by atoms with Crippen molar-refractivity contribution in [2.45, 2.75) is 39.0 Å². The minimum absolute atomic E-state index is 0.0434. The zero-order valence-electron chi connectivity index (χ0n) is 15.1. The van der Waals surface area contributed by atoms with Gasteiger partial charge in [-0.05, 0) is 19.4 Å². The first-order chi connectivity index (χ1) is 11.9. The number of rotatable bonds is 7. The maximum absolute atomic E-state index is 12.9. The Labute approximate surface area is 148 Å².